The van der Waals surface area contributed by atoms with Crippen LogP contribution in [0.5, 0.6) is 0 Å². The van der Waals surface area contributed by atoms with Crippen molar-refractivity contribution < 1.29 is 0 Å². The molecule has 1 nitrogen and oxygen atoms in total. The molecule has 1 aromatic rings. The Balaban J connectivity index is 3.04. The summed E-state index contributed by atoms with van der Waals surface area (Å²) < 4.78 is 0. The normalized spacial score (nSPS) is 7.86. The lowest BCUT2D eigenvalue weighted by molar-refractivity contribution is 1.52. The first kappa shape index (κ1) is 4.35. The van der Waals surface area contributed by atoms with E-state index >= 15 is 0 Å². The summed E-state index contributed by atoms with van der Waals surface area (Å²) in [6.07, 6.45) is 0. The fourth-order valence-electron chi connectivity index (χ4n) is 0.304. The summed E-state index contributed by atoms with van der Waals surface area (Å²) in [4.78, 5) is 0.653. The minimum atomic E-state index is 0.653. The van der Waals surface area contributed by atoms with Crippen LogP contribution >= 0.6 is 11.3 Å². The molecule has 0 bridgehead atoms. The van der Waals surface area contributed by atoms with E-state index in [1.54, 1.807) is 6.07 Å². The van der Waals surface area contributed by atoms with Crippen LogP contribution in [0.25, 0.3) is 0 Å². The van der Waals surface area contributed by atoms with E-state index in [9.17, 15) is 0 Å². The average molecular weight is 108 g/mol. The number of thiophene rings is 1. The highest BCUT2D eigenvalue weighted by atomic mass is 32.1. The molecular formula is C5H2NS. The molecule has 7 heavy (non-hydrogen) atoms. The average Bonchev–Trinajstić information content (AvgIpc) is 2.14. The third kappa shape index (κ3) is 0.787. The lowest BCUT2D eigenvalue weighted by Crippen LogP contribution is -1.51. The van der Waals surface area contributed by atoms with Gasteiger partial charge in [0, 0.05) is 6.07 Å². The van der Waals surface area contributed by atoms with E-state index in [1.807, 2.05) is 11.4 Å². The van der Waals surface area contributed by atoms with Crippen LogP contribution in [-0.2, 0) is 0 Å². The molecule has 1 rings (SSSR count). The predicted molar refractivity (Wildman–Crippen MR) is 27.9 cm³/mol. The second-order valence-corrected chi connectivity index (χ2v) is 1.92. The standard InChI is InChI=1S/C5H2NS/c6-4-5-2-1-3-7-5/h1,3H. The molecule has 0 spiro atoms. The molecule has 0 aliphatic rings. The maximum atomic E-state index is 8.16. The maximum absolute atomic E-state index is 8.16. The molecule has 0 aliphatic heterocycles. The van der Waals surface area contributed by atoms with Gasteiger partial charge in [0.2, 0.25) is 0 Å². The van der Waals surface area contributed by atoms with Gasteiger partial charge in [-0.3, -0.25) is 0 Å². The topological polar surface area (TPSA) is 23.8 Å². The SMILES string of the molecule is N#Cc1[c]ccs1. The number of hydrogen-bond donors (Lipinski definition) is 0. The fourth-order valence-corrected chi connectivity index (χ4v) is 0.765. The van der Waals surface area contributed by atoms with Crippen molar-refractivity contribution >= 4 is 11.3 Å². The summed E-state index contributed by atoms with van der Waals surface area (Å²) in [7, 11) is 0. The highest BCUT2D eigenvalue weighted by Gasteiger charge is 1.83. The van der Waals surface area contributed by atoms with Gasteiger partial charge in [0.25, 0.3) is 0 Å². The number of nitriles is 1. The van der Waals surface area contributed by atoms with E-state index in [-0.39, 0.29) is 0 Å². The molecule has 0 amide bonds. The summed E-state index contributed by atoms with van der Waals surface area (Å²) in [5.74, 6) is 0. The zero-order chi connectivity index (χ0) is 5.11. The lowest BCUT2D eigenvalue weighted by atomic mass is 10.5. The van der Waals surface area contributed by atoms with Gasteiger partial charge in [0.15, 0.2) is 0 Å². The molecule has 0 saturated heterocycles. The van der Waals surface area contributed by atoms with Crippen molar-refractivity contribution in [3.63, 3.8) is 0 Å². The van der Waals surface area contributed by atoms with Gasteiger partial charge < -0.3 is 0 Å². The summed E-state index contributed by atoms with van der Waals surface area (Å²) in [6.45, 7) is 0. The highest BCUT2D eigenvalue weighted by Crippen LogP contribution is 2.03. The Morgan fingerprint density at radius 3 is 3.00 bits per heavy atom. The molecule has 1 aromatic heterocycles. The molecule has 0 fully saturated rings. The van der Waals surface area contributed by atoms with Gasteiger partial charge in [0.1, 0.15) is 10.9 Å². The number of nitrogens with zero attached hydrogens (tertiary/aromatic N) is 1. The van der Waals surface area contributed by atoms with E-state index in [1.165, 1.54) is 11.3 Å². The van der Waals surface area contributed by atoms with Crippen LogP contribution in [0.4, 0.5) is 0 Å². The molecule has 0 aliphatic carbocycles. The Labute approximate surface area is 45.8 Å². The summed E-state index contributed by atoms with van der Waals surface area (Å²) in [5, 5.41) is 9.99. The molecule has 1 heterocycles. The van der Waals surface area contributed by atoms with Gasteiger partial charge in [-0.2, -0.15) is 5.26 Å². The van der Waals surface area contributed by atoms with E-state index in [0.29, 0.717) is 4.88 Å². The van der Waals surface area contributed by atoms with Gasteiger partial charge in [0.05, 0.1) is 0 Å². The minimum absolute atomic E-state index is 0.653. The largest absolute Gasteiger partial charge is 0.192 e. The van der Waals surface area contributed by atoms with Gasteiger partial charge in [-0.05, 0) is 11.4 Å². The predicted octanol–water partition coefficient (Wildman–Crippen LogP) is 1.42. The Kier molecular flexibility index (Phi) is 1.10. The van der Waals surface area contributed by atoms with Gasteiger partial charge in [-0.25, -0.2) is 0 Å². The van der Waals surface area contributed by atoms with Crippen molar-refractivity contribution in [3.05, 3.63) is 22.4 Å². The maximum Gasteiger partial charge on any atom is 0.112 e. The van der Waals surface area contributed by atoms with Crippen molar-refractivity contribution in [1.82, 2.24) is 0 Å². The van der Waals surface area contributed by atoms with E-state index in [4.69, 9.17) is 5.26 Å². The minimum Gasteiger partial charge on any atom is -0.192 e. The van der Waals surface area contributed by atoms with Crippen LogP contribution in [0, 0.1) is 17.4 Å². The summed E-state index contributed by atoms with van der Waals surface area (Å²) in [6, 6.07) is 6.45. The monoisotopic (exact) mass is 108 g/mol. The smallest absolute Gasteiger partial charge is 0.112 e. The van der Waals surface area contributed by atoms with Gasteiger partial charge in [-0.15, -0.1) is 11.3 Å². The third-order valence-corrected chi connectivity index (χ3v) is 1.29. The van der Waals surface area contributed by atoms with Crippen molar-refractivity contribution in [2.75, 3.05) is 0 Å². The summed E-state index contributed by atoms with van der Waals surface area (Å²) >= 11 is 1.41. The molecule has 1 radical (unpaired) electrons. The first-order valence-electron chi connectivity index (χ1n) is 1.79. The molecule has 0 unspecified atom stereocenters. The zero-order valence-electron chi connectivity index (χ0n) is 3.51. The molecular weight excluding hydrogens is 106 g/mol. The molecule has 0 atom stereocenters. The first-order valence-corrected chi connectivity index (χ1v) is 2.67. The molecule has 33 valence electrons. The van der Waals surface area contributed by atoms with Crippen LogP contribution in [0.15, 0.2) is 11.4 Å². The Morgan fingerprint density at radius 2 is 2.71 bits per heavy atom. The molecule has 0 N–H and O–H groups in total. The van der Waals surface area contributed by atoms with Gasteiger partial charge in [-0.1, -0.05) is 0 Å². The van der Waals surface area contributed by atoms with E-state index < -0.39 is 0 Å². The van der Waals surface area contributed by atoms with E-state index in [2.05, 4.69) is 6.07 Å². The second kappa shape index (κ2) is 1.76. The van der Waals surface area contributed by atoms with Crippen LogP contribution in [0.2, 0.25) is 0 Å². The number of rotatable bonds is 0. The van der Waals surface area contributed by atoms with Gasteiger partial charge >= 0.3 is 0 Å². The zero-order valence-corrected chi connectivity index (χ0v) is 4.33. The second-order valence-electron chi connectivity index (χ2n) is 1.01. The van der Waals surface area contributed by atoms with E-state index in [0.717, 1.165) is 0 Å². The Bertz CT molecular complexity index is 170. The lowest BCUT2D eigenvalue weighted by Gasteiger charge is -1.61. The van der Waals surface area contributed by atoms with Crippen LogP contribution in [0.3, 0.4) is 0 Å². The summed E-state index contributed by atoms with van der Waals surface area (Å²) in [5.41, 5.74) is 0. The first-order chi connectivity index (χ1) is 3.43. The Hall–Kier alpha value is -0.810. The highest BCUT2D eigenvalue weighted by molar-refractivity contribution is 7.10. The van der Waals surface area contributed by atoms with Crippen LogP contribution in [0.1, 0.15) is 4.88 Å². The van der Waals surface area contributed by atoms with Crippen molar-refractivity contribution in [1.29, 1.82) is 5.26 Å². The fraction of sp³-hybridized carbons (Fsp3) is 0. The van der Waals surface area contributed by atoms with Crippen LogP contribution in [-0.4, -0.2) is 0 Å². The van der Waals surface area contributed by atoms with Crippen molar-refractivity contribution in [3.8, 4) is 6.07 Å². The third-order valence-electron chi connectivity index (χ3n) is 0.570. The van der Waals surface area contributed by atoms with Crippen molar-refractivity contribution in [2.24, 2.45) is 0 Å². The molecule has 2 heteroatoms. The van der Waals surface area contributed by atoms with Crippen LogP contribution < -0.4 is 0 Å². The Morgan fingerprint density at radius 1 is 1.86 bits per heavy atom. The quantitative estimate of drug-likeness (QED) is 0.493. The van der Waals surface area contributed by atoms with Crippen molar-refractivity contribution in [2.45, 2.75) is 0 Å². The number of hydrogen-bond acceptors (Lipinski definition) is 2. The molecule has 0 saturated carbocycles. The molecule has 0 aromatic carbocycles.